The third-order valence-corrected chi connectivity index (χ3v) is 6.18. The molecular formula is C23H33N3O2. The average Bonchev–Trinajstić information content (AvgIpc) is 3.32. The monoisotopic (exact) mass is 383 g/mol. The van der Waals surface area contributed by atoms with Gasteiger partial charge in [0.2, 0.25) is 0 Å². The van der Waals surface area contributed by atoms with Gasteiger partial charge in [-0.1, -0.05) is 6.92 Å². The number of hydrogen-bond acceptors (Lipinski definition) is 5. The van der Waals surface area contributed by atoms with Crippen molar-refractivity contribution >= 4 is 16.6 Å². The quantitative estimate of drug-likeness (QED) is 0.773. The second-order valence-corrected chi connectivity index (χ2v) is 8.46. The Hall–Kier alpha value is -2.01. The lowest BCUT2D eigenvalue weighted by molar-refractivity contribution is 0.181. The average molecular weight is 384 g/mol. The molecule has 2 aromatic rings. The second kappa shape index (κ2) is 8.16. The summed E-state index contributed by atoms with van der Waals surface area (Å²) in [6.45, 7) is 8.00. The Morgan fingerprint density at radius 3 is 2.71 bits per heavy atom. The summed E-state index contributed by atoms with van der Waals surface area (Å²) in [5, 5.41) is 4.53. The van der Waals surface area contributed by atoms with E-state index in [4.69, 9.17) is 14.5 Å². The van der Waals surface area contributed by atoms with Crippen LogP contribution >= 0.6 is 0 Å². The van der Waals surface area contributed by atoms with Gasteiger partial charge in [0.05, 0.1) is 18.7 Å². The largest absolute Gasteiger partial charge is 0.493 e. The van der Waals surface area contributed by atoms with Crippen LogP contribution in [0.3, 0.4) is 0 Å². The Bertz CT molecular complexity index is 846. The van der Waals surface area contributed by atoms with Gasteiger partial charge in [-0.3, -0.25) is 4.98 Å². The summed E-state index contributed by atoms with van der Waals surface area (Å²) in [4.78, 5) is 7.51. The minimum Gasteiger partial charge on any atom is -0.493 e. The van der Waals surface area contributed by atoms with Crippen LogP contribution in [0, 0.1) is 5.92 Å². The number of hydrogen-bond donors (Lipinski definition) is 1. The van der Waals surface area contributed by atoms with E-state index in [2.05, 4.69) is 36.2 Å². The molecule has 0 saturated carbocycles. The number of aromatic nitrogens is 1. The number of nitrogens with one attached hydrogen (secondary N) is 1. The smallest absolute Gasteiger partial charge is 0.163 e. The highest BCUT2D eigenvalue weighted by molar-refractivity contribution is 5.96. The van der Waals surface area contributed by atoms with Crippen molar-refractivity contribution < 1.29 is 9.47 Å². The molecule has 1 aromatic heterocycles. The Balaban J connectivity index is 1.60. The van der Waals surface area contributed by atoms with Crippen molar-refractivity contribution in [2.45, 2.75) is 52.1 Å². The molecular weight excluding hydrogens is 350 g/mol. The molecule has 28 heavy (non-hydrogen) atoms. The molecule has 5 heteroatoms. The van der Waals surface area contributed by atoms with Gasteiger partial charge >= 0.3 is 0 Å². The molecule has 2 aliphatic rings. The van der Waals surface area contributed by atoms with Gasteiger partial charge in [0, 0.05) is 36.4 Å². The fourth-order valence-electron chi connectivity index (χ4n) is 4.68. The summed E-state index contributed by atoms with van der Waals surface area (Å²) in [6, 6.07) is 4.14. The van der Waals surface area contributed by atoms with Gasteiger partial charge in [0.1, 0.15) is 0 Å². The first-order valence-corrected chi connectivity index (χ1v) is 10.7. The Kier molecular flexibility index (Phi) is 5.63. The molecule has 0 radical (unpaired) electrons. The lowest BCUT2D eigenvalue weighted by Gasteiger charge is -2.21. The maximum atomic E-state index is 6.31. The van der Waals surface area contributed by atoms with Crippen LogP contribution in [-0.4, -0.2) is 49.8 Å². The minimum absolute atomic E-state index is 0.144. The van der Waals surface area contributed by atoms with Gasteiger partial charge in [-0.15, -0.1) is 0 Å². The summed E-state index contributed by atoms with van der Waals surface area (Å²) >= 11 is 0. The zero-order valence-electron chi connectivity index (χ0n) is 17.7. The molecule has 0 bridgehead atoms. The zero-order chi connectivity index (χ0) is 19.7. The van der Waals surface area contributed by atoms with Gasteiger partial charge in [-0.2, -0.15) is 0 Å². The first-order valence-electron chi connectivity index (χ1n) is 10.7. The molecule has 1 aromatic carbocycles. The number of ether oxygens (including phenoxy) is 2. The third-order valence-electron chi connectivity index (χ3n) is 6.18. The molecule has 1 fully saturated rings. The maximum Gasteiger partial charge on any atom is 0.163 e. The molecule has 1 N–H and O–H groups in total. The molecule has 2 heterocycles. The minimum atomic E-state index is 0.144. The lowest BCUT2D eigenvalue weighted by atomic mass is 10.1. The van der Waals surface area contributed by atoms with Crippen molar-refractivity contribution in [3.63, 3.8) is 0 Å². The Morgan fingerprint density at radius 1 is 1.21 bits per heavy atom. The van der Waals surface area contributed by atoms with E-state index in [9.17, 15) is 0 Å². The van der Waals surface area contributed by atoms with Gasteiger partial charge in [0.25, 0.3) is 0 Å². The fourth-order valence-corrected chi connectivity index (χ4v) is 4.68. The SMILES string of the molecule is CNc1c2c(nc3cc(OC(C)CCN4CCCC4)c(OC)cc13)CC(C)C2. The van der Waals surface area contributed by atoms with Crippen molar-refractivity contribution in [1.29, 1.82) is 0 Å². The molecule has 152 valence electrons. The second-order valence-electron chi connectivity index (χ2n) is 8.46. The predicted molar refractivity (Wildman–Crippen MR) is 115 cm³/mol. The van der Waals surface area contributed by atoms with Crippen LogP contribution < -0.4 is 14.8 Å². The van der Waals surface area contributed by atoms with E-state index in [1.165, 1.54) is 42.9 Å². The topological polar surface area (TPSA) is 46.6 Å². The Labute approximate surface area is 168 Å². The van der Waals surface area contributed by atoms with Crippen LogP contribution in [0.1, 0.15) is 44.4 Å². The lowest BCUT2D eigenvalue weighted by Crippen LogP contribution is -2.25. The first kappa shape index (κ1) is 19.3. The van der Waals surface area contributed by atoms with E-state index in [0.29, 0.717) is 5.92 Å². The molecule has 5 nitrogen and oxygen atoms in total. The van der Waals surface area contributed by atoms with Crippen LogP contribution in [0.15, 0.2) is 12.1 Å². The van der Waals surface area contributed by atoms with Crippen molar-refractivity contribution in [3.05, 3.63) is 23.4 Å². The summed E-state index contributed by atoms with van der Waals surface area (Å²) in [7, 11) is 3.71. The summed E-state index contributed by atoms with van der Waals surface area (Å²) in [6.07, 6.45) is 5.96. The zero-order valence-corrected chi connectivity index (χ0v) is 17.7. The van der Waals surface area contributed by atoms with E-state index in [0.717, 1.165) is 48.2 Å². The van der Waals surface area contributed by atoms with Gasteiger partial charge in [0.15, 0.2) is 11.5 Å². The highest BCUT2D eigenvalue weighted by Gasteiger charge is 2.25. The highest BCUT2D eigenvalue weighted by atomic mass is 16.5. The van der Waals surface area contributed by atoms with E-state index >= 15 is 0 Å². The molecule has 2 atom stereocenters. The number of methoxy groups -OCH3 is 1. The molecule has 4 rings (SSSR count). The number of rotatable bonds is 7. The summed E-state index contributed by atoms with van der Waals surface area (Å²) in [5.74, 6) is 2.23. The van der Waals surface area contributed by atoms with E-state index in [-0.39, 0.29) is 6.10 Å². The van der Waals surface area contributed by atoms with Crippen LogP contribution in [-0.2, 0) is 12.8 Å². The van der Waals surface area contributed by atoms with Crippen LogP contribution in [0.2, 0.25) is 0 Å². The fraction of sp³-hybridized carbons (Fsp3) is 0.609. The van der Waals surface area contributed by atoms with Gasteiger partial charge in [-0.05, 0) is 69.7 Å². The first-order chi connectivity index (χ1) is 13.6. The number of anilines is 1. The van der Waals surface area contributed by atoms with Crippen LogP contribution in [0.4, 0.5) is 5.69 Å². The van der Waals surface area contributed by atoms with E-state index in [1.807, 2.05) is 7.05 Å². The van der Waals surface area contributed by atoms with Gasteiger partial charge in [-0.25, -0.2) is 0 Å². The van der Waals surface area contributed by atoms with E-state index < -0.39 is 0 Å². The number of pyridine rings is 1. The van der Waals surface area contributed by atoms with Crippen LogP contribution in [0.5, 0.6) is 11.5 Å². The number of likely N-dealkylation sites (tertiary alicyclic amines) is 1. The molecule has 1 aliphatic heterocycles. The summed E-state index contributed by atoms with van der Waals surface area (Å²) < 4.78 is 12.0. The standard InChI is InChI=1S/C23H33N3O2/c1-15-11-17-19(12-15)25-20-14-22(21(27-4)13-18(20)23(17)24-3)28-16(2)7-10-26-8-5-6-9-26/h13-16H,5-12H2,1-4H3,(H,24,25). The van der Waals surface area contributed by atoms with Crippen molar-refractivity contribution in [3.8, 4) is 11.5 Å². The summed E-state index contributed by atoms with van der Waals surface area (Å²) in [5.41, 5.74) is 4.76. The molecule has 0 spiro atoms. The van der Waals surface area contributed by atoms with Crippen molar-refractivity contribution in [1.82, 2.24) is 9.88 Å². The maximum absolute atomic E-state index is 6.31. The van der Waals surface area contributed by atoms with E-state index in [1.54, 1.807) is 7.11 Å². The molecule has 1 saturated heterocycles. The number of fused-ring (bicyclic) bond motifs is 2. The number of nitrogens with zero attached hydrogens (tertiary/aromatic N) is 2. The van der Waals surface area contributed by atoms with Crippen molar-refractivity contribution in [2.24, 2.45) is 5.92 Å². The predicted octanol–water partition coefficient (Wildman–Crippen LogP) is 4.27. The molecule has 2 unspecified atom stereocenters. The Morgan fingerprint density at radius 2 is 2.00 bits per heavy atom. The molecule has 0 amide bonds. The molecule has 1 aliphatic carbocycles. The van der Waals surface area contributed by atoms with Crippen LogP contribution in [0.25, 0.3) is 10.9 Å². The van der Waals surface area contributed by atoms with Crippen molar-refractivity contribution in [2.75, 3.05) is 39.1 Å². The normalized spacial score (nSPS) is 20.4. The highest BCUT2D eigenvalue weighted by Crippen LogP contribution is 2.40. The third kappa shape index (κ3) is 3.77. The van der Waals surface area contributed by atoms with Gasteiger partial charge < -0.3 is 19.7 Å². The number of benzene rings is 1.